The zero-order valence-corrected chi connectivity index (χ0v) is 18.8. The number of sulfonamides is 1. The van der Waals surface area contributed by atoms with Crippen LogP contribution in [0.15, 0.2) is 18.2 Å². The average Bonchev–Trinajstić information content (AvgIpc) is 3.30. The molecule has 0 saturated heterocycles. The molecule has 0 fully saturated rings. The summed E-state index contributed by atoms with van der Waals surface area (Å²) in [5, 5.41) is 14.0. The molecule has 33 heavy (non-hydrogen) atoms. The molecular formula is C21H22FN5O5S. The second-order valence-corrected chi connectivity index (χ2v) is 9.40. The fourth-order valence-corrected chi connectivity index (χ4v) is 4.27. The van der Waals surface area contributed by atoms with Gasteiger partial charge in [-0.3, -0.25) is 14.4 Å². The lowest BCUT2D eigenvalue weighted by Crippen LogP contribution is -2.37. The molecule has 1 aromatic carbocycles. The van der Waals surface area contributed by atoms with Crippen molar-refractivity contribution in [1.82, 2.24) is 14.6 Å². The summed E-state index contributed by atoms with van der Waals surface area (Å²) in [7, 11) is -3.42. The highest BCUT2D eigenvalue weighted by atomic mass is 32.2. The number of fused-ring (bicyclic) bond motifs is 1. The van der Waals surface area contributed by atoms with Crippen molar-refractivity contribution in [2.75, 3.05) is 24.7 Å². The smallest absolute Gasteiger partial charge is 0.292 e. The molecule has 12 heteroatoms. The molecule has 3 rings (SSSR count). The van der Waals surface area contributed by atoms with Crippen LogP contribution in [0.5, 0.6) is 0 Å². The van der Waals surface area contributed by atoms with E-state index in [0.717, 1.165) is 12.3 Å². The number of benzene rings is 1. The maximum atomic E-state index is 13.6. The van der Waals surface area contributed by atoms with E-state index in [-0.39, 0.29) is 35.6 Å². The van der Waals surface area contributed by atoms with Crippen LogP contribution in [0.2, 0.25) is 0 Å². The number of nitrogens with one attached hydrogen (secondary N) is 3. The Kier molecular flexibility index (Phi) is 6.95. The van der Waals surface area contributed by atoms with Gasteiger partial charge in [-0.15, -0.1) is 0 Å². The molecule has 1 aliphatic heterocycles. The van der Waals surface area contributed by atoms with Crippen molar-refractivity contribution in [3.05, 3.63) is 52.1 Å². The Balaban J connectivity index is 1.82. The van der Waals surface area contributed by atoms with Crippen molar-refractivity contribution in [1.29, 1.82) is 5.26 Å². The number of carbonyl (C=O) groups is 3. The Bertz CT molecular complexity index is 1290. The number of carbonyl (C=O) groups excluding carboxylic acids is 3. The molecular weight excluding hydrogens is 453 g/mol. The van der Waals surface area contributed by atoms with Gasteiger partial charge in [-0.1, -0.05) is 0 Å². The highest BCUT2D eigenvalue weighted by Crippen LogP contribution is 2.30. The molecule has 2 aromatic rings. The van der Waals surface area contributed by atoms with Crippen LogP contribution in [-0.2, 0) is 27.8 Å². The van der Waals surface area contributed by atoms with Gasteiger partial charge in [0.2, 0.25) is 10.0 Å². The summed E-state index contributed by atoms with van der Waals surface area (Å²) in [5.41, 5.74) is 1.25. The zero-order valence-electron chi connectivity index (χ0n) is 18.0. The summed E-state index contributed by atoms with van der Waals surface area (Å²) in [4.78, 5) is 38.2. The van der Waals surface area contributed by atoms with E-state index in [9.17, 15) is 27.2 Å². The Hall–Kier alpha value is -3.56. The zero-order chi connectivity index (χ0) is 24.3. The predicted molar refractivity (Wildman–Crippen MR) is 117 cm³/mol. The quantitative estimate of drug-likeness (QED) is 0.293. The second-order valence-electron chi connectivity index (χ2n) is 7.56. The molecule has 0 spiro atoms. The topological polar surface area (TPSA) is 150 Å². The average molecular weight is 476 g/mol. The van der Waals surface area contributed by atoms with Crippen LogP contribution in [0.25, 0.3) is 0 Å². The van der Waals surface area contributed by atoms with Gasteiger partial charge in [-0.25, -0.2) is 17.5 Å². The minimum absolute atomic E-state index is 0.0687. The first-order valence-corrected chi connectivity index (χ1v) is 11.9. The van der Waals surface area contributed by atoms with Crippen molar-refractivity contribution < 1.29 is 27.2 Å². The number of amides is 2. The van der Waals surface area contributed by atoms with Crippen LogP contribution >= 0.6 is 0 Å². The van der Waals surface area contributed by atoms with Crippen LogP contribution in [0.4, 0.5) is 10.1 Å². The molecule has 0 atom stereocenters. The van der Waals surface area contributed by atoms with Crippen LogP contribution in [0.3, 0.4) is 0 Å². The number of anilines is 1. The fourth-order valence-electron chi connectivity index (χ4n) is 3.80. The van der Waals surface area contributed by atoms with E-state index in [2.05, 4.69) is 15.4 Å². The molecule has 0 unspecified atom stereocenters. The van der Waals surface area contributed by atoms with Crippen LogP contribution in [-0.4, -0.2) is 49.9 Å². The van der Waals surface area contributed by atoms with Gasteiger partial charge in [0.15, 0.2) is 0 Å². The van der Waals surface area contributed by atoms with E-state index in [4.69, 9.17) is 5.26 Å². The van der Waals surface area contributed by atoms with Gasteiger partial charge < -0.3 is 15.2 Å². The largest absolute Gasteiger partial charge is 0.348 e. The van der Waals surface area contributed by atoms with Gasteiger partial charge in [-0.2, -0.15) is 5.26 Å². The minimum Gasteiger partial charge on any atom is -0.348 e. The number of hydrogen-bond donors (Lipinski definition) is 3. The van der Waals surface area contributed by atoms with Gasteiger partial charge in [0.05, 0.1) is 17.4 Å². The Morgan fingerprint density at radius 1 is 1.24 bits per heavy atom. The van der Waals surface area contributed by atoms with E-state index >= 15 is 0 Å². The van der Waals surface area contributed by atoms with Crippen LogP contribution in [0, 0.1) is 24.1 Å². The Labute approximate surface area is 189 Å². The first-order valence-electron chi connectivity index (χ1n) is 10.0. The van der Waals surface area contributed by atoms with Crippen molar-refractivity contribution in [2.45, 2.75) is 26.3 Å². The van der Waals surface area contributed by atoms with E-state index in [1.54, 1.807) is 17.6 Å². The molecule has 174 valence electrons. The predicted octanol–water partition coefficient (Wildman–Crippen LogP) is 0.854. The molecule has 2 amide bonds. The molecule has 2 heterocycles. The van der Waals surface area contributed by atoms with Crippen molar-refractivity contribution in [3.8, 4) is 6.07 Å². The van der Waals surface area contributed by atoms with Gasteiger partial charge in [0, 0.05) is 31.0 Å². The maximum Gasteiger partial charge on any atom is 0.292 e. The molecule has 0 radical (unpaired) electrons. The molecule has 0 bridgehead atoms. The molecule has 1 aromatic heterocycles. The van der Waals surface area contributed by atoms with Crippen molar-refractivity contribution in [2.24, 2.45) is 0 Å². The number of hydrogen-bond acceptors (Lipinski definition) is 6. The first kappa shape index (κ1) is 24.1. The lowest BCUT2D eigenvalue weighted by Gasteiger charge is -2.09. The third kappa shape index (κ3) is 5.27. The monoisotopic (exact) mass is 475 g/mol. The normalized spacial score (nSPS) is 12.7. The maximum absolute atomic E-state index is 13.6. The molecule has 0 aliphatic carbocycles. The number of nitriles is 1. The number of halogens is 1. The summed E-state index contributed by atoms with van der Waals surface area (Å²) >= 11 is 0. The third-order valence-electron chi connectivity index (χ3n) is 5.18. The first-order chi connectivity index (χ1) is 15.5. The summed E-state index contributed by atoms with van der Waals surface area (Å²) < 4.78 is 39.6. The van der Waals surface area contributed by atoms with Gasteiger partial charge >= 0.3 is 0 Å². The highest BCUT2D eigenvalue weighted by molar-refractivity contribution is 7.88. The van der Waals surface area contributed by atoms with E-state index in [1.807, 2.05) is 0 Å². The fraction of sp³-hybridized carbons (Fsp3) is 0.333. The third-order valence-corrected chi connectivity index (χ3v) is 5.91. The highest BCUT2D eigenvalue weighted by Gasteiger charge is 2.33. The van der Waals surface area contributed by atoms with E-state index < -0.39 is 33.4 Å². The van der Waals surface area contributed by atoms with Gasteiger partial charge in [-0.05, 0) is 43.5 Å². The SMILES string of the molecule is Cc1c(C(=O)C(=O)NCCNS(C)(=O)=O)c2n(c1C(=O)Nc1ccc(F)c(C#N)c1)CCC2. The molecule has 0 saturated carbocycles. The van der Waals surface area contributed by atoms with Crippen molar-refractivity contribution in [3.63, 3.8) is 0 Å². The van der Waals surface area contributed by atoms with Crippen LogP contribution in [0.1, 0.15) is 44.1 Å². The second kappa shape index (κ2) is 9.51. The number of nitrogens with zero attached hydrogens (tertiary/aromatic N) is 2. The van der Waals surface area contributed by atoms with Crippen LogP contribution < -0.4 is 15.4 Å². The van der Waals surface area contributed by atoms with Gasteiger partial charge in [0.1, 0.15) is 17.6 Å². The number of ketones is 1. The minimum atomic E-state index is -3.42. The molecule has 3 N–H and O–H groups in total. The van der Waals surface area contributed by atoms with Crippen molar-refractivity contribution >= 4 is 33.3 Å². The molecule has 10 nitrogen and oxygen atoms in total. The number of Topliss-reactive ketones (excluding diaryl/α,β-unsaturated/α-hetero) is 1. The lowest BCUT2D eigenvalue weighted by atomic mass is 10.0. The van der Waals surface area contributed by atoms with E-state index in [0.29, 0.717) is 30.6 Å². The van der Waals surface area contributed by atoms with Gasteiger partial charge in [0.25, 0.3) is 17.6 Å². The number of aromatic nitrogens is 1. The summed E-state index contributed by atoms with van der Waals surface area (Å²) in [6.45, 7) is 1.91. The molecule has 1 aliphatic rings. The summed E-state index contributed by atoms with van der Waals surface area (Å²) in [6, 6.07) is 5.30. The summed E-state index contributed by atoms with van der Waals surface area (Å²) in [5.74, 6) is -2.98. The summed E-state index contributed by atoms with van der Waals surface area (Å²) in [6.07, 6.45) is 2.17. The number of rotatable bonds is 8. The Morgan fingerprint density at radius 2 is 1.97 bits per heavy atom. The Morgan fingerprint density at radius 3 is 2.64 bits per heavy atom. The lowest BCUT2D eigenvalue weighted by molar-refractivity contribution is -0.116. The van der Waals surface area contributed by atoms with E-state index in [1.165, 1.54) is 12.1 Å². The standard InChI is InChI=1S/C21H22FN5O5S/c1-12-17(19(28)21(30)24-7-8-25-33(2,31)32)16-4-3-9-27(16)18(12)20(29)26-14-5-6-15(22)13(10-14)11-23/h5-6,10,25H,3-4,7-9H2,1-2H3,(H,24,30)(H,26,29).